The third-order valence-electron chi connectivity index (χ3n) is 8.29. The molecule has 2 rings (SSSR count). The Bertz CT molecular complexity index is 390. The van der Waals surface area contributed by atoms with Gasteiger partial charge in [-0.25, -0.2) is 0 Å². The molecule has 1 nitrogen and oxygen atoms in total. The van der Waals surface area contributed by atoms with Gasteiger partial charge in [0.2, 0.25) is 0 Å². The lowest BCUT2D eigenvalue weighted by atomic mass is 9.57. The molecular formula is C24H46O. The highest BCUT2D eigenvalue weighted by Gasteiger charge is 2.54. The van der Waals surface area contributed by atoms with Gasteiger partial charge in [-0.15, -0.1) is 0 Å². The van der Waals surface area contributed by atoms with Crippen molar-refractivity contribution >= 4 is 0 Å². The molecule has 0 aromatic heterocycles. The Morgan fingerprint density at radius 2 is 1.72 bits per heavy atom. The zero-order valence-corrected chi connectivity index (χ0v) is 18.1. The van der Waals surface area contributed by atoms with E-state index in [1.807, 2.05) is 0 Å². The molecule has 0 bridgehead atoms. The van der Waals surface area contributed by atoms with E-state index >= 15 is 0 Å². The first-order valence-electron chi connectivity index (χ1n) is 11.5. The van der Waals surface area contributed by atoms with Gasteiger partial charge in [-0.1, -0.05) is 73.6 Å². The number of fused-ring (bicyclic) bond motifs is 1. The van der Waals surface area contributed by atoms with Crippen molar-refractivity contribution in [1.29, 1.82) is 0 Å². The molecule has 0 aromatic rings. The van der Waals surface area contributed by atoms with Gasteiger partial charge in [0.05, 0.1) is 6.10 Å². The van der Waals surface area contributed by atoms with Gasteiger partial charge >= 0.3 is 0 Å². The van der Waals surface area contributed by atoms with Gasteiger partial charge < -0.3 is 5.11 Å². The fourth-order valence-corrected chi connectivity index (χ4v) is 6.37. The summed E-state index contributed by atoms with van der Waals surface area (Å²) in [5.74, 6) is 4.75. The molecule has 148 valence electrons. The molecule has 4 unspecified atom stereocenters. The molecule has 0 aromatic carbocycles. The first-order valence-corrected chi connectivity index (χ1v) is 11.5. The van der Waals surface area contributed by atoms with Crippen LogP contribution in [0.4, 0.5) is 0 Å². The van der Waals surface area contributed by atoms with Crippen LogP contribution in [0.1, 0.15) is 106 Å². The Hall–Kier alpha value is -0.0400. The van der Waals surface area contributed by atoms with Crippen molar-refractivity contribution in [1.82, 2.24) is 0 Å². The summed E-state index contributed by atoms with van der Waals surface area (Å²) in [7, 11) is 0. The molecule has 7 atom stereocenters. The Morgan fingerprint density at radius 3 is 2.36 bits per heavy atom. The van der Waals surface area contributed by atoms with E-state index in [1.165, 1.54) is 57.8 Å². The quantitative estimate of drug-likeness (QED) is 0.471. The van der Waals surface area contributed by atoms with Crippen LogP contribution in [0.5, 0.6) is 0 Å². The fourth-order valence-electron chi connectivity index (χ4n) is 6.37. The molecule has 2 aliphatic rings. The molecule has 0 aliphatic heterocycles. The highest BCUT2D eigenvalue weighted by Crippen LogP contribution is 2.60. The van der Waals surface area contributed by atoms with Crippen molar-refractivity contribution < 1.29 is 5.11 Å². The SMILES string of the molecule is CCC(C)CC[C@@H]1C(O)CCC2(C)C1CC[C@@H]2[C@H](C)CCCC(C)C. The van der Waals surface area contributed by atoms with Gasteiger partial charge in [0.15, 0.2) is 0 Å². The summed E-state index contributed by atoms with van der Waals surface area (Å²) < 4.78 is 0. The highest BCUT2D eigenvalue weighted by atomic mass is 16.3. The van der Waals surface area contributed by atoms with Crippen LogP contribution >= 0.6 is 0 Å². The Labute approximate surface area is 158 Å². The summed E-state index contributed by atoms with van der Waals surface area (Å²) in [6.07, 6.45) is 13.1. The number of aliphatic hydroxyl groups is 1. The van der Waals surface area contributed by atoms with E-state index in [2.05, 4.69) is 41.5 Å². The standard InChI is InChI=1S/C24H46O/c1-7-18(4)11-12-20-22-14-13-21(19(5)10-8-9-17(2)3)24(22,6)16-15-23(20)25/h17-23,25H,7-16H2,1-6H3/t18?,19-,20+,21-,22?,23?,24?/m1/s1. The van der Waals surface area contributed by atoms with Crippen molar-refractivity contribution in [3.63, 3.8) is 0 Å². The Morgan fingerprint density at radius 1 is 1.00 bits per heavy atom. The molecule has 2 aliphatic carbocycles. The maximum atomic E-state index is 10.7. The zero-order valence-electron chi connectivity index (χ0n) is 18.1. The third-order valence-corrected chi connectivity index (χ3v) is 8.29. The molecule has 2 saturated carbocycles. The van der Waals surface area contributed by atoms with E-state index in [0.717, 1.165) is 36.0 Å². The van der Waals surface area contributed by atoms with Crippen molar-refractivity contribution in [3.05, 3.63) is 0 Å². The normalized spacial score (nSPS) is 37.9. The van der Waals surface area contributed by atoms with E-state index < -0.39 is 0 Å². The predicted octanol–water partition coefficient (Wildman–Crippen LogP) is 7.08. The van der Waals surface area contributed by atoms with Gasteiger partial charge in [0.25, 0.3) is 0 Å². The van der Waals surface area contributed by atoms with E-state index in [-0.39, 0.29) is 6.10 Å². The summed E-state index contributed by atoms with van der Waals surface area (Å²) >= 11 is 0. The first-order chi connectivity index (χ1) is 11.8. The molecule has 0 heterocycles. The smallest absolute Gasteiger partial charge is 0.0571 e. The van der Waals surface area contributed by atoms with Crippen molar-refractivity contribution in [2.45, 2.75) is 112 Å². The second-order valence-corrected chi connectivity index (χ2v) is 10.5. The minimum atomic E-state index is -0.0304. The molecule has 25 heavy (non-hydrogen) atoms. The van der Waals surface area contributed by atoms with Crippen LogP contribution in [0.25, 0.3) is 0 Å². The van der Waals surface area contributed by atoms with Crippen molar-refractivity contribution in [2.75, 3.05) is 0 Å². The monoisotopic (exact) mass is 350 g/mol. The fraction of sp³-hybridized carbons (Fsp3) is 1.00. The minimum absolute atomic E-state index is 0.0304. The zero-order chi connectivity index (χ0) is 18.6. The predicted molar refractivity (Wildman–Crippen MR) is 110 cm³/mol. The van der Waals surface area contributed by atoms with Crippen LogP contribution in [0, 0.1) is 40.9 Å². The molecule has 1 N–H and O–H groups in total. The molecular weight excluding hydrogens is 304 g/mol. The maximum absolute atomic E-state index is 10.7. The van der Waals surface area contributed by atoms with Crippen molar-refractivity contribution in [2.24, 2.45) is 40.9 Å². The lowest BCUT2D eigenvalue weighted by molar-refractivity contribution is -0.0548. The molecule has 0 spiro atoms. The van der Waals surface area contributed by atoms with E-state index in [0.29, 0.717) is 11.3 Å². The van der Waals surface area contributed by atoms with Gasteiger partial charge in [-0.05, 0) is 73.0 Å². The van der Waals surface area contributed by atoms with Gasteiger partial charge in [-0.2, -0.15) is 0 Å². The lowest BCUT2D eigenvalue weighted by Crippen LogP contribution is -2.45. The van der Waals surface area contributed by atoms with E-state index in [1.54, 1.807) is 0 Å². The van der Waals surface area contributed by atoms with E-state index in [9.17, 15) is 5.11 Å². The number of hydrogen-bond acceptors (Lipinski definition) is 1. The Kier molecular flexibility index (Phi) is 7.86. The highest BCUT2D eigenvalue weighted by molar-refractivity contribution is 5.03. The van der Waals surface area contributed by atoms with Crippen LogP contribution in [-0.4, -0.2) is 11.2 Å². The summed E-state index contributed by atoms with van der Waals surface area (Å²) in [5, 5.41) is 10.7. The first kappa shape index (κ1) is 21.3. The summed E-state index contributed by atoms with van der Waals surface area (Å²) in [4.78, 5) is 0. The minimum Gasteiger partial charge on any atom is -0.393 e. The largest absolute Gasteiger partial charge is 0.393 e. The number of hydrogen-bond donors (Lipinski definition) is 1. The van der Waals surface area contributed by atoms with Gasteiger partial charge in [0, 0.05) is 0 Å². The molecule has 0 saturated heterocycles. The molecule has 1 heteroatoms. The lowest BCUT2D eigenvalue weighted by Gasteiger charge is -2.49. The van der Waals surface area contributed by atoms with Gasteiger partial charge in [0.1, 0.15) is 0 Å². The number of aliphatic hydroxyl groups excluding tert-OH is 1. The Balaban J connectivity index is 1.99. The topological polar surface area (TPSA) is 20.2 Å². The van der Waals surface area contributed by atoms with Gasteiger partial charge in [-0.3, -0.25) is 0 Å². The van der Waals surface area contributed by atoms with Crippen LogP contribution in [0.3, 0.4) is 0 Å². The van der Waals surface area contributed by atoms with Crippen LogP contribution in [0.2, 0.25) is 0 Å². The summed E-state index contributed by atoms with van der Waals surface area (Å²) in [6.45, 7) is 14.5. The summed E-state index contributed by atoms with van der Waals surface area (Å²) in [6, 6.07) is 0. The van der Waals surface area contributed by atoms with Crippen molar-refractivity contribution in [3.8, 4) is 0 Å². The average molecular weight is 351 g/mol. The summed E-state index contributed by atoms with van der Waals surface area (Å²) in [5.41, 5.74) is 0.497. The maximum Gasteiger partial charge on any atom is 0.0571 e. The third kappa shape index (κ3) is 5.02. The molecule has 2 fully saturated rings. The van der Waals surface area contributed by atoms with E-state index in [4.69, 9.17) is 0 Å². The number of rotatable bonds is 9. The second kappa shape index (κ2) is 9.25. The van der Waals surface area contributed by atoms with Crippen LogP contribution in [-0.2, 0) is 0 Å². The van der Waals surface area contributed by atoms with Crippen LogP contribution in [0.15, 0.2) is 0 Å². The average Bonchev–Trinajstić information content (AvgIpc) is 2.91. The molecule has 0 radical (unpaired) electrons. The molecule has 0 amide bonds. The van der Waals surface area contributed by atoms with Crippen LogP contribution < -0.4 is 0 Å². The second-order valence-electron chi connectivity index (χ2n) is 10.5.